The maximum absolute atomic E-state index is 13.8. The third-order valence-electron chi connectivity index (χ3n) is 12.3. The number of methoxy groups -OCH3 is 1. The SMILES string of the molecule is COc1cc(-c2nccc(-c3cccc(NC(=O)c4nc5c(n4C)CCN(CC46CCC(C(=O)O)(CC4)C6)C5)c3Cl)c2Cl)ccc1CNC[C@H]1CCC(=O)N1. The summed E-state index contributed by atoms with van der Waals surface area (Å²) in [5, 5.41) is 20.0. The fraction of sp³-hybridized carbons (Fsp3) is 0.439. The number of imidazole rings is 1. The molecule has 4 aromatic rings. The number of carboxylic acid groups (broad SMARTS) is 1. The third-order valence-corrected chi connectivity index (χ3v) is 13.1. The molecule has 2 saturated carbocycles. The highest BCUT2D eigenvalue weighted by atomic mass is 35.5. The zero-order chi connectivity index (χ0) is 38.5. The fourth-order valence-corrected chi connectivity index (χ4v) is 9.94. The predicted octanol–water partition coefficient (Wildman–Crippen LogP) is 6.48. The molecule has 4 N–H and O–H groups in total. The van der Waals surface area contributed by atoms with Gasteiger partial charge in [0.2, 0.25) is 5.91 Å². The number of aliphatic carboxylic acids is 1. The monoisotopic (exact) mass is 785 g/mol. The Morgan fingerprint density at radius 3 is 2.60 bits per heavy atom. The molecule has 0 spiro atoms. The lowest BCUT2D eigenvalue weighted by molar-refractivity contribution is -0.148. The average Bonchev–Trinajstić information content (AvgIpc) is 3.95. The Morgan fingerprint density at radius 2 is 1.87 bits per heavy atom. The second-order valence-corrected chi connectivity index (χ2v) is 16.5. The number of carbonyl (C=O) groups excluding carboxylic acids is 2. The molecule has 12 nitrogen and oxygen atoms in total. The Morgan fingerprint density at radius 1 is 1.07 bits per heavy atom. The van der Waals surface area contributed by atoms with Crippen LogP contribution in [0.25, 0.3) is 22.4 Å². The van der Waals surface area contributed by atoms with Crippen molar-refractivity contribution in [2.75, 3.05) is 32.1 Å². The fourth-order valence-electron chi connectivity index (χ4n) is 9.35. The number of ether oxygens (including phenoxy) is 1. The summed E-state index contributed by atoms with van der Waals surface area (Å²) in [6.07, 6.45) is 8.02. The zero-order valence-electron chi connectivity index (χ0n) is 31.0. The molecule has 2 aliphatic heterocycles. The van der Waals surface area contributed by atoms with Crippen molar-refractivity contribution in [3.63, 3.8) is 0 Å². The Labute approximate surface area is 330 Å². The first-order chi connectivity index (χ1) is 26.5. The van der Waals surface area contributed by atoms with E-state index >= 15 is 0 Å². The summed E-state index contributed by atoms with van der Waals surface area (Å²) < 4.78 is 7.60. The first-order valence-corrected chi connectivity index (χ1v) is 19.7. The summed E-state index contributed by atoms with van der Waals surface area (Å²) in [4.78, 5) is 49.1. The van der Waals surface area contributed by atoms with E-state index in [1.165, 1.54) is 0 Å². The van der Waals surface area contributed by atoms with Gasteiger partial charge in [-0.1, -0.05) is 47.5 Å². The lowest BCUT2D eigenvalue weighted by atomic mass is 9.81. The Kier molecular flexibility index (Phi) is 10.1. The number of amides is 2. The van der Waals surface area contributed by atoms with Gasteiger partial charge in [-0.15, -0.1) is 0 Å². The van der Waals surface area contributed by atoms with E-state index in [1.54, 1.807) is 25.4 Å². The quantitative estimate of drug-likeness (QED) is 0.127. The zero-order valence-corrected chi connectivity index (χ0v) is 32.5. The second-order valence-electron chi connectivity index (χ2n) is 15.7. The number of anilines is 1. The van der Waals surface area contributed by atoms with Crippen molar-refractivity contribution in [3.05, 3.63) is 81.5 Å². The van der Waals surface area contributed by atoms with Crippen LogP contribution in [0.5, 0.6) is 5.75 Å². The average molecular weight is 787 g/mol. The molecule has 0 unspecified atom stereocenters. The summed E-state index contributed by atoms with van der Waals surface area (Å²) in [6, 6.07) is 13.2. The maximum Gasteiger partial charge on any atom is 0.309 e. The van der Waals surface area contributed by atoms with Crippen molar-refractivity contribution in [2.45, 2.75) is 70.5 Å². The molecule has 4 aliphatic rings. The minimum atomic E-state index is -0.645. The minimum absolute atomic E-state index is 0.0531. The number of nitrogens with zero attached hydrogens (tertiary/aromatic N) is 4. The second kappa shape index (κ2) is 14.9. The Bertz CT molecular complexity index is 2180. The summed E-state index contributed by atoms with van der Waals surface area (Å²) in [5.74, 6) is 0.0723. The highest BCUT2D eigenvalue weighted by Gasteiger charge is 2.58. The number of halogens is 2. The van der Waals surface area contributed by atoms with Crippen LogP contribution in [0, 0.1) is 10.8 Å². The number of nitrogens with one attached hydrogen (secondary N) is 3. The number of carboxylic acids is 1. The van der Waals surface area contributed by atoms with Gasteiger partial charge in [0.1, 0.15) is 5.75 Å². The smallest absolute Gasteiger partial charge is 0.309 e. The minimum Gasteiger partial charge on any atom is -0.496 e. The largest absolute Gasteiger partial charge is 0.496 e. The van der Waals surface area contributed by atoms with Crippen LogP contribution in [0.1, 0.15) is 72.5 Å². The molecule has 2 aromatic heterocycles. The van der Waals surface area contributed by atoms with Gasteiger partial charge in [-0.25, -0.2) is 4.98 Å². The van der Waals surface area contributed by atoms with Gasteiger partial charge >= 0.3 is 5.97 Å². The molecular weight excluding hydrogens is 741 g/mol. The van der Waals surface area contributed by atoms with Crippen molar-refractivity contribution < 1.29 is 24.2 Å². The first kappa shape index (κ1) is 37.4. The normalized spacial score (nSPS) is 23.1. The van der Waals surface area contributed by atoms with E-state index in [0.717, 1.165) is 80.6 Å². The number of fused-ring (bicyclic) bond motifs is 3. The van der Waals surface area contributed by atoms with Crippen LogP contribution < -0.4 is 20.7 Å². The lowest BCUT2D eigenvalue weighted by Gasteiger charge is -2.35. The number of benzene rings is 2. The van der Waals surface area contributed by atoms with Crippen molar-refractivity contribution in [3.8, 4) is 28.1 Å². The van der Waals surface area contributed by atoms with Crippen LogP contribution in [0.15, 0.2) is 48.7 Å². The van der Waals surface area contributed by atoms with E-state index in [0.29, 0.717) is 70.2 Å². The summed E-state index contributed by atoms with van der Waals surface area (Å²) in [5.41, 5.74) is 5.45. The number of carbonyl (C=O) groups is 3. The highest BCUT2D eigenvalue weighted by Crippen LogP contribution is 2.62. The molecule has 2 bridgehead atoms. The van der Waals surface area contributed by atoms with Crippen LogP contribution >= 0.6 is 23.2 Å². The summed E-state index contributed by atoms with van der Waals surface area (Å²) >= 11 is 14.1. The van der Waals surface area contributed by atoms with Crippen LogP contribution in [-0.4, -0.2) is 75.1 Å². The van der Waals surface area contributed by atoms with Crippen molar-refractivity contribution in [1.82, 2.24) is 30.1 Å². The highest BCUT2D eigenvalue weighted by molar-refractivity contribution is 6.39. The molecule has 14 heteroatoms. The standard InChI is InChI=1S/C41H45Cl2N7O5/c1-49-31-11-17-50(23-40-12-14-41(22-40,15-13-40)39(53)54)21-30(31)47-37(49)38(52)48-29-5-3-4-27(34(29)42)28-10-16-45-36(35(28)43)24-6-7-25(32(18-24)55-2)19-44-20-26-8-9-33(51)46-26/h3-7,10,16,18,26,44H,8-9,11-15,17,19-23H2,1-2H3,(H,46,51)(H,48,52)(H,53,54)/t26-,40?,41?/m1/s1. The molecule has 2 aliphatic carbocycles. The van der Waals surface area contributed by atoms with Crippen molar-refractivity contribution in [1.29, 1.82) is 0 Å². The molecule has 3 fully saturated rings. The van der Waals surface area contributed by atoms with Gasteiger partial charge < -0.3 is 30.4 Å². The van der Waals surface area contributed by atoms with Crippen LogP contribution in [0.2, 0.25) is 10.0 Å². The van der Waals surface area contributed by atoms with Gasteiger partial charge in [-0.2, -0.15) is 0 Å². The van der Waals surface area contributed by atoms with E-state index in [9.17, 15) is 19.5 Å². The third kappa shape index (κ3) is 7.09. The summed E-state index contributed by atoms with van der Waals surface area (Å²) in [6.45, 7) is 3.58. The number of hydrogen-bond donors (Lipinski definition) is 4. The van der Waals surface area contributed by atoms with Crippen LogP contribution in [0.3, 0.4) is 0 Å². The Hall–Kier alpha value is -4.49. The number of pyridine rings is 1. The van der Waals surface area contributed by atoms with Crippen LogP contribution in [-0.2, 0) is 36.1 Å². The van der Waals surface area contributed by atoms with E-state index < -0.39 is 11.4 Å². The lowest BCUT2D eigenvalue weighted by Crippen LogP contribution is -2.39. The maximum atomic E-state index is 13.8. The number of rotatable bonds is 12. The van der Waals surface area contributed by atoms with E-state index in [4.69, 9.17) is 32.9 Å². The van der Waals surface area contributed by atoms with Gasteiger partial charge in [0.25, 0.3) is 5.91 Å². The molecule has 1 saturated heterocycles. The first-order valence-electron chi connectivity index (χ1n) is 18.9. The molecule has 4 heterocycles. The van der Waals surface area contributed by atoms with Gasteiger partial charge in [0.15, 0.2) is 5.82 Å². The van der Waals surface area contributed by atoms with E-state index in [1.807, 2.05) is 41.9 Å². The predicted molar refractivity (Wildman–Crippen MR) is 210 cm³/mol. The van der Waals surface area contributed by atoms with E-state index in [2.05, 4.69) is 25.8 Å². The van der Waals surface area contributed by atoms with Crippen molar-refractivity contribution in [2.24, 2.45) is 17.9 Å². The molecule has 288 valence electrons. The number of hydrogen-bond acceptors (Lipinski definition) is 8. The van der Waals surface area contributed by atoms with Gasteiger partial charge in [-0.05, 0) is 62.1 Å². The Balaban J connectivity index is 0.961. The van der Waals surface area contributed by atoms with Gasteiger partial charge in [0.05, 0.1) is 39.6 Å². The van der Waals surface area contributed by atoms with E-state index in [-0.39, 0.29) is 23.3 Å². The molecule has 55 heavy (non-hydrogen) atoms. The summed E-state index contributed by atoms with van der Waals surface area (Å²) in [7, 11) is 3.49. The molecule has 2 amide bonds. The molecule has 1 atom stereocenters. The molecule has 0 radical (unpaired) electrons. The number of aromatic nitrogens is 3. The molecule has 8 rings (SSSR count). The topological polar surface area (TPSA) is 151 Å². The molecule has 2 aromatic carbocycles. The van der Waals surface area contributed by atoms with Gasteiger partial charge in [0, 0.05) is 92.8 Å². The van der Waals surface area contributed by atoms with Crippen molar-refractivity contribution >= 4 is 46.7 Å². The van der Waals surface area contributed by atoms with Crippen LogP contribution in [0.4, 0.5) is 5.69 Å². The molecular formula is C41H45Cl2N7O5. The van der Waals surface area contributed by atoms with Gasteiger partial charge in [-0.3, -0.25) is 24.3 Å².